The first kappa shape index (κ1) is 22.6. The largest absolute Gasteiger partial charge is 0.497 e. The summed E-state index contributed by atoms with van der Waals surface area (Å²) in [6.07, 6.45) is 0.455. The van der Waals surface area contributed by atoms with Crippen molar-refractivity contribution in [3.63, 3.8) is 0 Å². The van der Waals surface area contributed by atoms with Gasteiger partial charge in [-0.15, -0.1) is 0 Å². The Morgan fingerprint density at radius 2 is 1.79 bits per heavy atom. The first-order valence-corrected chi connectivity index (χ1v) is 10.5. The molecule has 2 aromatic carbocycles. The van der Waals surface area contributed by atoms with Crippen LogP contribution in [0, 0.1) is 5.82 Å². The number of benzene rings is 2. The molecule has 0 spiro atoms. The smallest absolute Gasteiger partial charge is 0.240 e. The Kier molecular flexibility index (Phi) is 7.98. The molecule has 2 N–H and O–H groups in total. The summed E-state index contributed by atoms with van der Waals surface area (Å²) < 4.78 is 50.1. The van der Waals surface area contributed by atoms with Crippen LogP contribution in [0.4, 0.5) is 4.39 Å². The molecule has 29 heavy (non-hydrogen) atoms. The molecule has 0 saturated carbocycles. The Hall–Kier alpha value is -2.65. The fourth-order valence-corrected chi connectivity index (χ4v) is 3.80. The van der Waals surface area contributed by atoms with E-state index in [9.17, 15) is 17.6 Å². The van der Waals surface area contributed by atoms with Crippen molar-refractivity contribution >= 4 is 15.9 Å². The third-order valence-electron chi connectivity index (χ3n) is 4.28. The maximum Gasteiger partial charge on any atom is 0.240 e. The normalized spacial score (nSPS) is 12.3. The van der Waals surface area contributed by atoms with Crippen LogP contribution in [0.3, 0.4) is 0 Å². The zero-order valence-corrected chi connectivity index (χ0v) is 17.4. The molecule has 0 saturated heterocycles. The van der Waals surface area contributed by atoms with Gasteiger partial charge in [-0.2, -0.15) is 0 Å². The minimum absolute atomic E-state index is 0.0258. The number of carbonyl (C=O) groups is 1. The predicted molar refractivity (Wildman–Crippen MR) is 107 cm³/mol. The van der Waals surface area contributed by atoms with Gasteiger partial charge in [-0.3, -0.25) is 4.79 Å². The first-order valence-electron chi connectivity index (χ1n) is 9.03. The van der Waals surface area contributed by atoms with E-state index in [-0.39, 0.29) is 29.8 Å². The zero-order valence-electron chi connectivity index (χ0n) is 16.6. The number of halogens is 1. The quantitative estimate of drug-likeness (QED) is 0.572. The van der Waals surface area contributed by atoms with Gasteiger partial charge in [0.1, 0.15) is 17.3 Å². The number of sulfonamides is 1. The van der Waals surface area contributed by atoms with E-state index in [0.717, 1.165) is 17.7 Å². The van der Waals surface area contributed by atoms with Crippen LogP contribution in [0.25, 0.3) is 0 Å². The number of hydrogen-bond donors (Lipinski definition) is 2. The van der Waals surface area contributed by atoms with Gasteiger partial charge in [-0.05, 0) is 55.8 Å². The van der Waals surface area contributed by atoms with E-state index in [1.54, 1.807) is 32.4 Å². The van der Waals surface area contributed by atoms with E-state index in [1.807, 2.05) is 6.92 Å². The average molecular weight is 424 g/mol. The molecule has 1 atom stereocenters. The molecule has 0 aromatic heterocycles. The molecule has 0 aliphatic heterocycles. The molecule has 2 rings (SSSR count). The molecular weight excluding hydrogens is 399 g/mol. The number of hydrogen-bond acceptors (Lipinski definition) is 5. The summed E-state index contributed by atoms with van der Waals surface area (Å²) in [7, 11) is -0.630. The van der Waals surface area contributed by atoms with Crippen molar-refractivity contribution < 1.29 is 27.1 Å². The standard InChI is InChI=1S/C20H25FN2O5S/c1-14(18-13-16(27-2)8-11-19(18)28-3)23-20(24)5-4-12-22-29(25,26)17-9-6-15(21)7-10-17/h6-11,13-14,22H,4-5,12H2,1-3H3,(H,23,24)/t14-/m0/s1. The number of amides is 1. The topological polar surface area (TPSA) is 93.7 Å². The number of nitrogens with one attached hydrogen (secondary N) is 2. The average Bonchev–Trinajstić information content (AvgIpc) is 2.71. The van der Waals surface area contributed by atoms with Crippen molar-refractivity contribution in [3.05, 3.63) is 53.8 Å². The van der Waals surface area contributed by atoms with Crippen molar-refractivity contribution in [2.24, 2.45) is 0 Å². The second kappa shape index (κ2) is 10.2. The summed E-state index contributed by atoms with van der Waals surface area (Å²) >= 11 is 0. The lowest BCUT2D eigenvalue weighted by atomic mass is 10.1. The molecule has 0 aliphatic rings. The zero-order chi connectivity index (χ0) is 21.4. The third-order valence-corrected chi connectivity index (χ3v) is 5.75. The molecular formula is C20H25FN2O5S. The van der Waals surface area contributed by atoms with Crippen molar-refractivity contribution in [1.82, 2.24) is 10.0 Å². The SMILES string of the molecule is COc1ccc(OC)c([C@H](C)NC(=O)CCCNS(=O)(=O)c2ccc(F)cc2)c1. The maximum absolute atomic E-state index is 12.9. The Bertz CT molecular complexity index is 932. The van der Waals surface area contributed by atoms with Crippen LogP contribution < -0.4 is 19.5 Å². The Labute approximate surface area is 170 Å². The Balaban J connectivity index is 1.85. The van der Waals surface area contributed by atoms with Crippen molar-refractivity contribution in [2.45, 2.75) is 30.7 Å². The summed E-state index contributed by atoms with van der Waals surface area (Å²) in [4.78, 5) is 12.2. The van der Waals surface area contributed by atoms with Crippen molar-refractivity contribution in [2.75, 3.05) is 20.8 Å². The third kappa shape index (κ3) is 6.43. The highest BCUT2D eigenvalue weighted by atomic mass is 32.2. The van der Waals surface area contributed by atoms with Gasteiger partial charge in [0.2, 0.25) is 15.9 Å². The van der Waals surface area contributed by atoms with E-state index in [2.05, 4.69) is 10.0 Å². The molecule has 158 valence electrons. The molecule has 0 fully saturated rings. The fraction of sp³-hybridized carbons (Fsp3) is 0.350. The fourth-order valence-electron chi connectivity index (χ4n) is 2.72. The lowest BCUT2D eigenvalue weighted by molar-refractivity contribution is -0.121. The Morgan fingerprint density at radius 3 is 2.41 bits per heavy atom. The van der Waals surface area contributed by atoms with E-state index in [1.165, 1.54) is 12.1 Å². The van der Waals surface area contributed by atoms with Crippen LogP contribution in [-0.2, 0) is 14.8 Å². The Morgan fingerprint density at radius 1 is 1.10 bits per heavy atom. The van der Waals surface area contributed by atoms with Crippen LogP contribution in [0.1, 0.15) is 31.4 Å². The summed E-state index contributed by atoms with van der Waals surface area (Å²) in [6, 6.07) is 9.54. The number of carbonyl (C=O) groups excluding carboxylic acids is 1. The molecule has 0 radical (unpaired) electrons. The minimum Gasteiger partial charge on any atom is -0.497 e. The minimum atomic E-state index is -3.74. The molecule has 2 aromatic rings. The van der Waals surface area contributed by atoms with Gasteiger partial charge >= 0.3 is 0 Å². The molecule has 0 bridgehead atoms. The van der Waals surface area contributed by atoms with Gasteiger partial charge < -0.3 is 14.8 Å². The van der Waals surface area contributed by atoms with E-state index >= 15 is 0 Å². The highest BCUT2D eigenvalue weighted by Crippen LogP contribution is 2.29. The summed E-state index contributed by atoms with van der Waals surface area (Å²) in [5.74, 6) is 0.550. The number of ether oxygens (including phenoxy) is 2. The molecule has 0 aliphatic carbocycles. The van der Waals surface area contributed by atoms with E-state index < -0.39 is 15.8 Å². The maximum atomic E-state index is 12.9. The lowest BCUT2D eigenvalue weighted by Gasteiger charge is -2.18. The molecule has 0 unspecified atom stereocenters. The molecule has 9 heteroatoms. The van der Waals surface area contributed by atoms with E-state index in [0.29, 0.717) is 17.9 Å². The molecule has 0 heterocycles. The van der Waals surface area contributed by atoms with Crippen LogP contribution in [0.5, 0.6) is 11.5 Å². The van der Waals surface area contributed by atoms with Gasteiger partial charge in [0, 0.05) is 18.5 Å². The van der Waals surface area contributed by atoms with Gasteiger partial charge in [0.25, 0.3) is 0 Å². The van der Waals surface area contributed by atoms with Crippen LogP contribution >= 0.6 is 0 Å². The molecule has 1 amide bonds. The summed E-state index contributed by atoms with van der Waals surface area (Å²) in [5.41, 5.74) is 0.775. The number of methoxy groups -OCH3 is 2. The second-order valence-corrected chi connectivity index (χ2v) is 8.12. The van der Waals surface area contributed by atoms with Crippen molar-refractivity contribution in [1.29, 1.82) is 0 Å². The van der Waals surface area contributed by atoms with Gasteiger partial charge in [0.05, 0.1) is 25.2 Å². The molecule has 7 nitrogen and oxygen atoms in total. The van der Waals surface area contributed by atoms with Gasteiger partial charge in [-0.1, -0.05) is 0 Å². The first-order chi connectivity index (χ1) is 13.8. The van der Waals surface area contributed by atoms with Crippen LogP contribution in [0.2, 0.25) is 0 Å². The lowest BCUT2D eigenvalue weighted by Crippen LogP contribution is -2.29. The monoisotopic (exact) mass is 424 g/mol. The van der Waals surface area contributed by atoms with E-state index in [4.69, 9.17) is 9.47 Å². The highest BCUT2D eigenvalue weighted by Gasteiger charge is 2.16. The number of rotatable bonds is 10. The van der Waals surface area contributed by atoms with Gasteiger partial charge in [-0.25, -0.2) is 17.5 Å². The van der Waals surface area contributed by atoms with Gasteiger partial charge in [0.15, 0.2) is 0 Å². The van der Waals surface area contributed by atoms with Crippen molar-refractivity contribution in [3.8, 4) is 11.5 Å². The summed E-state index contributed by atoms with van der Waals surface area (Å²) in [5, 5.41) is 2.86. The van der Waals surface area contributed by atoms with Crippen LogP contribution in [0.15, 0.2) is 47.4 Å². The highest BCUT2D eigenvalue weighted by molar-refractivity contribution is 7.89. The van der Waals surface area contributed by atoms with Crippen LogP contribution in [-0.4, -0.2) is 35.1 Å². The second-order valence-electron chi connectivity index (χ2n) is 6.35. The summed E-state index contributed by atoms with van der Waals surface area (Å²) in [6.45, 7) is 1.91. The predicted octanol–water partition coefficient (Wildman–Crippen LogP) is 2.78.